The normalized spacial score (nSPS) is 10.9. The van der Waals surface area contributed by atoms with Gasteiger partial charge < -0.3 is 10.8 Å². The molecular weight excluding hydrogens is 358 g/mol. The zero-order valence-electron chi connectivity index (χ0n) is 8.15. The number of hydrogen-bond acceptors (Lipinski definition) is 4. The number of rotatable bonds is 3. The van der Waals surface area contributed by atoms with Crippen LogP contribution in [0.2, 0.25) is 0 Å². The van der Waals surface area contributed by atoms with Crippen LogP contribution < -0.4 is 5.73 Å². The van der Waals surface area contributed by atoms with Gasteiger partial charge >= 0.3 is 0 Å². The van der Waals surface area contributed by atoms with Crippen molar-refractivity contribution < 1.29 is 5.11 Å². The van der Waals surface area contributed by atoms with E-state index in [4.69, 9.17) is 10.8 Å². The number of halogens is 2. The van der Waals surface area contributed by atoms with Gasteiger partial charge in [-0.1, -0.05) is 0 Å². The van der Waals surface area contributed by atoms with Crippen molar-refractivity contribution in [2.75, 3.05) is 12.3 Å². The Hall–Kier alpha value is -0.370. The molecule has 0 radical (unpaired) electrons. The number of nitrogen functional groups attached to an aromatic ring is 1. The summed E-state index contributed by atoms with van der Waals surface area (Å²) in [5.74, 6) is 0.560. The lowest BCUT2D eigenvalue weighted by molar-refractivity contribution is 0.270. The van der Waals surface area contributed by atoms with Gasteiger partial charge in [-0.3, -0.25) is 0 Å². The molecule has 0 bridgehead atoms. The van der Waals surface area contributed by atoms with Gasteiger partial charge in [0.1, 0.15) is 11.5 Å². The van der Waals surface area contributed by atoms with Gasteiger partial charge in [-0.05, 0) is 37.9 Å². The van der Waals surface area contributed by atoms with Crippen LogP contribution in [0.3, 0.4) is 0 Å². The van der Waals surface area contributed by atoms with Gasteiger partial charge in [-0.25, -0.2) is 4.68 Å². The standard InChI is InChI=1S/C9H9Br2N3OS/c10-5-3-7(16-9(5)11)6-4-8(12)14(13-6)1-2-15/h3-4,15H,1-2,12H2. The van der Waals surface area contributed by atoms with E-state index < -0.39 is 0 Å². The summed E-state index contributed by atoms with van der Waals surface area (Å²) >= 11 is 8.45. The Labute approximate surface area is 113 Å². The predicted octanol–water partition coefficient (Wildman–Crippen LogP) is 2.71. The molecule has 0 atom stereocenters. The molecule has 0 aromatic carbocycles. The fraction of sp³-hybridized carbons (Fsp3) is 0.222. The molecule has 0 aliphatic rings. The maximum absolute atomic E-state index is 8.84. The van der Waals surface area contributed by atoms with Gasteiger partial charge in [-0.15, -0.1) is 11.3 Å². The molecule has 0 saturated carbocycles. The lowest BCUT2D eigenvalue weighted by Gasteiger charge is -1.98. The Bertz CT molecular complexity index is 489. The van der Waals surface area contributed by atoms with Gasteiger partial charge in [0.2, 0.25) is 0 Å². The molecule has 0 spiro atoms. The summed E-state index contributed by atoms with van der Waals surface area (Å²) in [6.07, 6.45) is 0. The Morgan fingerprint density at radius 3 is 2.75 bits per heavy atom. The maximum atomic E-state index is 8.84. The van der Waals surface area contributed by atoms with Crippen molar-refractivity contribution >= 4 is 49.0 Å². The number of nitrogens with zero attached hydrogens (tertiary/aromatic N) is 2. The van der Waals surface area contributed by atoms with Crippen molar-refractivity contribution in [2.45, 2.75) is 6.54 Å². The van der Waals surface area contributed by atoms with Crippen LogP contribution in [-0.4, -0.2) is 21.5 Å². The number of hydrogen-bond donors (Lipinski definition) is 2. The average Bonchev–Trinajstić information content (AvgIpc) is 2.74. The van der Waals surface area contributed by atoms with Crippen molar-refractivity contribution in [2.24, 2.45) is 0 Å². The Morgan fingerprint density at radius 2 is 2.19 bits per heavy atom. The quantitative estimate of drug-likeness (QED) is 0.877. The van der Waals surface area contributed by atoms with Crippen LogP contribution in [0.4, 0.5) is 5.82 Å². The highest BCUT2D eigenvalue weighted by molar-refractivity contribution is 9.13. The second-order valence-corrected chi connectivity index (χ2v) is 6.36. The summed E-state index contributed by atoms with van der Waals surface area (Å²) in [5, 5.41) is 13.2. The largest absolute Gasteiger partial charge is 0.394 e. The van der Waals surface area contributed by atoms with Crippen molar-refractivity contribution in [3.05, 3.63) is 20.4 Å². The molecule has 2 heterocycles. The highest BCUT2D eigenvalue weighted by atomic mass is 79.9. The van der Waals surface area contributed by atoms with Gasteiger partial charge in [0.15, 0.2) is 0 Å². The van der Waals surface area contributed by atoms with E-state index in [1.807, 2.05) is 6.07 Å². The van der Waals surface area contributed by atoms with Crippen molar-refractivity contribution in [3.8, 4) is 10.6 Å². The molecule has 0 aliphatic heterocycles. The van der Waals surface area contributed by atoms with Gasteiger partial charge in [-0.2, -0.15) is 5.10 Å². The van der Waals surface area contributed by atoms with Crippen LogP contribution in [0.15, 0.2) is 20.4 Å². The summed E-state index contributed by atoms with van der Waals surface area (Å²) < 4.78 is 3.62. The van der Waals surface area contributed by atoms with E-state index >= 15 is 0 Å². The van der Waals surface area contributed by atoms with Crippen LogP contribution in [0.5, 0.6) is 0 Å². The third-order valence-corrected chi connectivity index (χ3v) is 5.30. The minimum absolute atomic E-state index is 0.0309. The van der Waals surface area contributed by atoms with Crippen LogP contribution in [0.1, 0.15) is 0 Å². The molecule has 2 aromatic rings. The fourth-order valence-electron chi connectivity index (χ4n) is 1.30. The lowest BCUT2D eigenvalue weighted by Crippen LogP contribution is -2.07. The van der Waals surface area contributed by atoms with E-state index in [1.54, 1.807) is 22.1 Å². The molecule has 0 unspecified atom stereocenters. The van der Waals surface area contributed by atoms with Gasteiger partial charge in [0.05, 0.1) is 21.8 Å². The van der Waals surface area contributed by atoms with Gasteiger partial charge in [0.25, 0.3) is 0 Å². The monoisotopic (exact) mass is 365 g/mol. The summed E-state index contributed by atoms with van der Waals surface area (Å²) in [4.78, 5) is 1.03. The minimum Gasteiger partial charge on any atom is -0.394 e. The molecule has 86 valence electrons. The van der Waals surface area contributed by atoms with E-state index in [0.717, 1.165) is 18.8 Å². The molecular formula is C9H9Br2N3OS. The van der Waals surface area contributed by atoms with Crippen LogP contribution >= 0.6 is 43.2 Å². The summed E-state index contributed by atoms with van der Waals surface area (Å²) in [7, 11) is 0. The summed E-state index contributed by atoms with van der Waals surface area (Å²) in [6.45, 7) is 0.447. The average molecular weight is 367 g/mol. The first-order chi connectivity index (χ1) is 7.61. The SMILES string of the molecule is Nc1cc(-c2cc(Br)c(Br)s2)nn1CCO. The first-order valence-corrected chi connectivity index (χ1v) is 6.91. The fourth-order valence-corrected chi connectivity index (χ4v) is 3.29. The second kappa shape index (κ2) is 4.87. The minimum atomic E-state index is 0.0309. The number of thiophene rings is 1. The number of anilines is 1. The number of aliphatic hydroxyl groups excluding tert-OH is 1. The van der Waals surface area contributed by atoms with E-state index in [2.05, 4.69) is 37.0 Å². The predicted molar refractivity (Wildman–Crippen MR) is 72.4 cm³/mol. The maximum Gasteiger partial charge on any atom is 0.122 e. The first-order valence-electron chi connectivity index (χ1n) is 4.51. The smallest absolute Gasteiger partial charge is 0.122 e. The molecule has 7 heteroatoms. The lowest BCUT2D eigenvalue weighted by atomic mass is 10.3. The van der Waals surface area contributed by atoms with Crippen LogP contribution in [0.25, 0.3) is 10.6 Å². The van der Waals surface area contributed by atoms with E-state index in [0.29, 0.717) is 12.4 Å². The van der Waals surface area contributed by atoms with E-state index in [9.17, 15) is 0 Å². The highest BCUT2D eigenvalue weighted by Gasteiger charge is 2.11. The van der Waals surface area contributed by atoms with E-state index in [1.165, 1.54) is 0 Å². The summed E-state index contributed by atoms with van der Waals surface area (Å²) in [5.41, 5.74) is 6.60. The molecule has 4 nitrogen and oxygen atoms in total. The summed E-state index contributed by atoms with van der Waals surface area (Å²) in [6, 6.07) is 3.79. The molecule has 0 aliphatic carbocycles. The third-order valence-electron chi connectivity index (χ3n) is 2.02. The molecule has 0 amide bonds. The Balaban J connectivity index is 2.37. The van der Waals surface area contributed by atoms with Crippen molar-refractivity contribution in [3.63, 3.8) is 0 Å². The Kier molecular flexibility index (Phi) is 3.68. The molecule has 3 N–H and O–H groups in total. The highest BCUT2D eigenvalue weighted by Crippen LogP contribution is 2.38. The topological polar surface area (TPSA) is 64.1 Å². The zero-order valence-corrected chi connectivity index (χ0v) is 12.1. The molecule has 16 heavy (non-hydrogen) atoms. The number of nitrogens with two attached hydrogens (primary N) is 1. The van der Waals surface area contributed by atoms with E-state index in [-0.39, 0.29) is 6.61 Å². The first kappa shape index (κ1) is 12.1. The molecule has 0 saturated heterocycles. The molecule has 0 fully saturated rings. The molecule has 2 aromatic heterocycles. The van der Waals surface area contributed by atoms with Crippen LogP contribution in [-0.2, 0) is 6.54 Å². The molecule has 2 rings (SSSR count). The zero-order chi connectivity index (χ0) is 11.7. The van der Waals surface area contributed by atoms with Crippen molar-refractivity contribution in [1.29, 1.82) is 0 Å². The second-order valence-electron chi connectivity index (χ2n) is 3.13. The van der Waals surface area contributed by atoms with Crippen molar-refractivity contribution in [1.82, 2.24) is 9.78 Å². The number of aliphatic hydroxyl groups is 1. The number of aromatic nitrogens is 2. The van der Waals surface area contributed by atoms with Gasteiger partial charge in [0, 0.05) is 10.5 Å². The van der Waals surface area contributed by atoms with Crippen LogP contribution in [0, 0.1) is 0 Å². The third kappa shape index (κ3) is 2.32. The Morgan fingerprint density at radius 1 is 1.44 bits per heavy atom.